The van der Waals surface area contributed by atoms with Crippen LogP contribution in [0.25, 0.3) is 0 Å². The van der Waals surface area contributed by atoms with Crippen LogP contribution >= 0.6 is 24.0 Å². The van der Waals surface area contributed by atoms with Crippen LogP contribution < -0.4 is 15.4 Å². The number of aryl methyl sites for hydroxylation is 2. The first-order valence-corrected chi connectivity index (χ1v) is 10.7. The molecule has 0 saturated carbocycles. The van der Waals surface area contributed by atoms with E-state index in [1.54, 1.807) is 13.4 Å². The fraction of sp³-hybridized carbons (Fsp3) is 0.417. The quantitative estimate of drug-likeness (QED) is 0.237. The lowest BCUT2D eigenvalue weighted by atomic mass is 10.1. The molecule has 0 aliphatic heterocycles. The number of aliphatic imine (C=N–C) groups is 1. The van der Waals surface area contributed by atoms with Crippen LogP contribution in [0.4, 0.5) is 0 Å². The van der Waals surface area contributed by atoms with Crippen molar-refractivity contribution in [2.45, 2.75) is 46.2 Å². The molecule has 3 aromatic rings. The van der Waals surface area contributed by atoms with Crippen LogP contribution in [0.3, 0.4) is 0 Å². The Balaban J connectivity index is 0.00000363. The van der Waals surface area contributed by atoms with E-state index in [4.69, 9.17) is 14.1 Å². The number of halogens is 1. The number of aromatic nitrogens is 2. The van der Waals surface area contributed by atoms with Gasteiger partial charge >= 0.3 is 0 Å². The molecule has 7 nitrogen and oxygen atoms in total. The summed E-state index contributed by atoms with van der Waals surface area (Å²) in [5.74, 6) is 2.59. The lowest BCUT2D eigenvalue weighted by Gasteiger charge is -2.19. The first kappa shape index (κ1) is 25.8. The zero-order valence-electron chi connectivity index (χ0n) is 19.5. The number of furan rings is 1. The van der Waals surface area contributed by atoms with E-state index in [9.17, 15) is 0 Å². The van der Waals surface area contributed by atoms with Crippen molar-refractivity contribution in [3.05, 3.63) is 70.9 Å². The number of methoxy groups -OCH3 is 1. The zero-order chi connectivity index (χ0) is 22.2. The average Bonchev–Trinajstić information content (AvgIpc) is 3.36. The van der Waals surface area contributed by atoms with Crippen LogP contribution in [0, 0.1) is 13.8 Å². The molecule has 3 rings (SSSR count). The highest BCUT2D eigenvalue weighted by molar-refractivity contribution is 14.0. The summed E-state index contributed by atoms with van der Waals surface area (Å²) < 4.78 is 12.6. The third-order valence-corrected chi connectivity index (χ3v) is 5.38. The van der Waals surface area contributed by atoms with Crippen molar-refractivity contribution in [1.29, 1.82) is 0 Å². The van der Waals surface area contributed by atoms with Crippen LogP contribution in [0.5, 0.6) is 5.75 Å². The lowest BCUT2D eigenvalue weighted by molar-refractivity contribution is 0.414. The van der Waals surface area contributed by atoms with E-state index in [1.807, 2.05) is 48.1 Å². The maximum absolute atomic E-state index is 5.43. The number of guanidine groups is 1. The maximum Gasteiger partial charge on any atom is 0.191 e. The van der Waals surface area contributed by atoms with Crippen LogP contribution in [-0.2, 0) is 26.4 Å². The van der Waals surface area contributed by atoms with Gasteiger partial charge in [0, 0.05) is 31.7 Å². The third-order valence-electron chi connectivity index (χ3n) is 5.38. The van der Waals surface area contributed by atoms with Crippen molar-refractivity contribution >= 4 is 29.9 Å². The van der Waals surface area contributed by atoms with Gasteiger partial charge in [-0.2, -0.15) is 5.10 Å². The van der Waals surface area contributed by atoms with Crippen LogP contribution in [0.2, 0.25) is 0 Å². The van der Waals surface area contributed by atoms with Gasteiger partial charge in [0.1, 0.15) is 11.5 Å². The van der Waals surface area contributed by atoms with Gasteiger partial charge < -0.3 is 19.8 Å². The molecule has 0 amide bonds. The minimum atomic E-state index is 0. The minimum Gasteiger partial charge on any atom is -0.497 e. The van der Waals surface area contributed by atoms with Crippen LogP contribution in [0.15, 0.2) is 52.1 Å². The Hall–Kier alpha value is -2.49. The average molecular weight is 551 g/mol. The Bertz CT molecular complexity index is 981. The summed E-state index contributed by atoms with van der Waals surface area (Å²) in [5, 5.41) is 11.5. The summed E-state index contributed by atoms with van der Waals surface area (Å²) >= 11 is 0. The largest absolute Gasteiger partial charge is 0.497 e. The molecule has 0 spiro atoms. The number of hydrogen-bond acceptors (Lipinski definition) is 4. The first-order chi connectivity index (χ1) is 15.0. The molecule has 32 heavy (non-hydrogen) atoms. The van der Waals surface area contributed by atoms with E-state index in [2.05, 4.69) is 36.5 Å². The third kappa shape index (κ3) is 7.29. The molecule has 2 aromatic heterocycles. The maximum atomic E-state index is 5.43. The number of benzene rings is 1. The van der Waals surface area contributed by atoms with Gasteiger partial charge in [-0.15, -0.1) is 24.0 Å². The Morgan fingerprint density at radius 2 is 1.97 bits per heavy atom. The van der Waals surface area contributed by atoms with Crippen LogP contribution in [-0.4, -0.2) is 35.4 Å². The minimum absolute atomic E-state index is 0. The number of nitrogens with one attached hydrogen (secondary N) is 2. The highest BCUT2D eigenvalue weighted by Gasteiger charge is 2.14. The fourth-order valence-electron chi connectivity index (χ4n) is 3.52. The second-order valence-electron chi connectivity index (χ2n) is 7.79. The topological polar surface area (TPSA) is 76.6 Å². The normalized spacial score (nSPS) is 12.2. The second kappa shape index (κ2) is 12.5. The number of ether oxygens (including phenoxy) is 1. The van der Waals surface area contributed by atoms with E-state index < -0.39 is 0 Å². The zero-order valence-corrected chi connectivity index (χ0v) is 21.8. The van der Waals surface area contributed by atoms with Gasteiger partial charge in [0.05, 0.1) is 25.6 Å². The Kier molecular flexibility index (Phi) is 10.1. The number of nitrogens with zero attached hydrogens (tertiary/aromatic N) is 3. The van der Waals surface area contributed by atoms with Gasteiger partial charge in [0.2, 0.25) is 0 Å². The van der Waals surface area contributed by atoms with Crippen molar-refractivity contribution in [3.8, 4) is 5.75 Å². The SMILES string of the molecule is COc1ccc(CN=C(NCCc2ccco2)NC(C)Cc2c(C)nn(C)c2C)cc1.I. The first-order valence-electron chi connectivity index (χ1n) is 10.7. The fourth-order valence-corrected chi connectivity index (χ4v) is 3.52. The smallest absolute Gasteiger partial charge is 0.191 e. The summed E-state index contributed by atoms with van der Waals surface area (Å²) in [6.07, 6.45) is 3.38. The van der Waals surface area contributed by atoms with Crippen molar-refractivity contribution < 1.29 is 9.15 Å². The van der Waals surface area contributed by atoms with Gasteiger partial charge in [0.25, 0.3) is 0 Å². The molecule has 0 saturated heterocycles. The molecule has 0 aliphatic rings. The molecule has 2 heterocycles. The van der Waals surface area contributed by atoms with Crippen molar-refractivity contribution in [2.75, 3.05) is 13.7 Å². The highest BCUT2D eigenvalue weighted by Crippen LogP contribution is 2.14. The van der Waals surface area contributed by atoms with Gasteiger partial charge in [-0.1, -0.05) is 12.1 Å². The van der Waals surface area contributed by atoms with E-state index >= 15 is 0 Å². The van der Waals surface area contributed by atoms with Gasteiger partial charge in [0.15, 0.2) is 5.96 Å². The van der Waals surface area contributed by atoms with E-state index in [0.29, 0.717) is 6.54 Å². The van der Waals surface area contributed by atoms with E-state index in [0.717, 1.165) is 48.1 Å². The molecule has 174 valence electrons. The molecular formula is C24H34IN5O2. The van der Waals surface area contributed by atoms with Crippen LogP contribution in [0.1, 0.15) is 35.2 Å². The highest BCUT2D eigenvalue weighted by atomic mass is 127. The van der Waals surface area contributed by atoms with Gasteiger partial charge in [-0.25, -0.2) is 4.99 Å². The summed E-state index contributed by atoms with van der Waals surface area (Å²) in [4.78, 5) is 4.80. The predicted molar refractivity (Wildman–Crippen MR) is 139 cm³/mol. The van der Waals surface area contributed by atoms with Crippen molar-refractivity contribution in [2.24, 2.45) is 12.0 Å². The van der Waals surface area contributed by atoms with E-state index in [1.165, 1.54) is 11.3 Å². The Labute approximate surface area is 207 Å². The summed E-state index contributed by atoms with van der Waals surface area (Å²) in [6, 6.07) is 12.1. The summed E-state index contributed by atoms with van der Waals surface area (Å²) in [7, 11) is 3.66. The molecular weight excluding hydrogens is 517 g/mol. The predicted octanol–water partition coefficient (Wildman–Crippen LogP) is 4.17. The molecule has 0 aliphatic carbocycles. The number of hydrogen-bond donors (Lipinski definition) is 2. The second-order valence-corrected chi connectivity index (χ2v) is 7.79. The molecule has 8 heteroatoms. The Morgan fingerprint density at radius 3 is 2.56 bits per heavy atom. The van der Waals surface area contributed by atoms with Gasteiger partial charge in [-0.3, -0.25) is 4.68 Å². The molecule has 1 aromatic carbocycles. The standard InChI is InChI=1S/C24H33N5O2.HI/c1-17(15-23-18(2)28-29(4)19(23)3)27-24(25-13-12-22-7-6-14-31-22)26-16-20-8-10-21(30-5)11-9-20;/h6-11,14,17H,12-13,15-16H2,1-5H3,(H2,25,26,27);1H. The molecule has 0 bridgehead atoms. The Morgan fingerprint density at radius 1 is 1.22 bits per heavy atom. The van der Waals surface area contributed by atoms with E-state index in [-0.39, 0.29) is 30.0 Å². The molecule has 1 unspecified atom stereocenters. The molecule has 1 atom stereocenters. The molecule has 2 N–H and O–H groups in total. The number of rotatable bonds is 9. The molecule has 0 radical (unpaired) electrons. The summed E-state index contributed by atoms with van der Waals surface area (Å²) in [6.45, 7) is 7.66. The monoisotopic (exact) mass is 551 g/mol. The van der Waals surface area contributed by atoms with Gasteiger partial charge in [-0.05, 0) is 62.6 Å². The van der Waals surface area contributed by atoms with Crippen molar-refractivity contribution in [1.82, 2.24) is 20.4 Å². The molecule has 0 fully saturated rings. The summed E-state index contributed by atoms with van der Waals surface area (Å²) in [5.41, 5.74) is 4.69. The van der Waals surface area contributed by atoms with Crippen molar-refractivity contribution in [3.63, 3.8) is 0 Å². The lowest BCUT2D eigenvalue weighted by Crippen LogP contribution is -2.44.